The lowest BCUT2D eigenvalue weighted by atomic mass is 10.2. The first kappa shape index (κ1) is 16.7. The number of ether oxygens (including phenoxy) is 1. The molecule has 8 heteroatoms. The molecule has 1 amide bonds. The summed E-state index contributed by atoms with van der Waals surface area (Å²) in [6.45, 7) is 2.28. The maximum absolute atomic E-state index is 12.1. The Kier molecular flexibility index (Phi) is 5.10. The third-order valence-electron chi connectivity index (χ3n) is 3.74. The van der Waals surface area contributed by atoms with E-state index in [1.165, 1.54) is 24.5 Å². The highest BCUT2D eigenvalue weighted by molar-refractivity contribution is 6.03. The maximum atomic E-state index is 12.1. The number of nitro groups is 1. The zero-order chi connectivity index (χ0) is 17.6. The second kappa shape index (κ2) is 7.63. The summed E-state index contributed by atoms with van der Waals surface area (Å²) >= 11 is 0. The number of rotatable bonds is 5. The largest absolute Gasteiger partial charge is 0.465 e. The quantitative estimate of drug-likeness (QED) is 0.509. The summed E-state index contributed by atoms with van der Waals surface area (Å²) in [6.07, 6.45) is 4.42. The second-order valence-electron chi connectivity index (χ2n) is 5.40. The van der Waals surface area contributed by atoms with Gasteiger partial charge >= 0.3 is 0 Å². The number of nitrogens with one attached hydrogen (secondary N) is 1. The Hall–Kier alpha value is -3.13. The predicted octanol–water partition coefficient (Wildman–Crippen LogP) is 2.68. The van der Waals surface area contributed by atoms with E-state index in [0.29, 0.717) is 43.4 Å². The Bertz CT molecular complexity index is 780. The summed E-state index contributed by atoms with van der Waals surface area (Å²) in [4.78, 5) is 24.7. The number of furan rings is 1. The molecular weight excluding hydrogens is 326 g/mol. The summed E-state index contributed by atoms with van der Waals surface area (Å²) in [5.74, 6) is 0.215. The molecule has 1 fully saturated rings. The van der Waals surface area contributed by atoms with E-state index >= 15 is 0 Å². The molecule has 25 heavy (non-hydrogen) atoms. The second-order valence-corrected chi connectivity index (χ2v) is 5.40. The Morgan fingerprint density at radius 2 is 2.08 bits per heavy atom. The molecule has 1 aliphatic rings. The molecule has 3 rings (SSSR count). The minimum absolute atomic E-state index is 0.0226. The molecular formula is C17H17N3O5. The van der Waals surface area contributed by atoms with E-state index in [-0.39, 0.29) is 11.6 Å². The van der Waals surface area contributed by atoms with Crippen LogP contribution in [0.5, 0.6) is 0 Å². The van der Waals surface area contributed by atoms with Crippen LogP contribution in [0.1, 0.15) is 5.76 Å². The zero-order valence-electron chi connectivity index (χ0n) is 13.4. The first-order valence-electron chi connectivity index (χ1n) is 7.77. The van der Waals surface area contributed by atoms with Crippen LogP contribution in [0, 0.1) is 10.1 Å². The third-order valence-corrected chi connectivity index (χ3v) is 3.74. The molecule has 0 spiro atoms. The monoisotopic (exact) mass is 343 g/mol. The van der Waals surface area contributed by atoms with E-state index in [0.717, 1.165) is 0 Å². The highest BCUT2D eigenvalue weighted by Gasteiger charge is 2.19. The fourth-order valence-electron chi connectivity index (χ4n) is 2.52. The molecule has 0 unspecified atom stereocenters. The van der Waals surface area contributed by atoms with Crippen molar-refractivity contribution >= 4 is 29.0 Å². The van der Waals surface area contributed by atoms with Gasteiger partial charge in [-0.25, -0.2) is 0 Å². The zero-order valence-corrected chi connectivity index (χ0v) is 13.4. The highest BCUT2D eigenvalue weighted by Crippen LogP contribution is 2.31. The number of nitro benzene ring substituents is 1. The minimum atomic E-state index is -0.452. The van der Waals surface area contributed by atoms with Gasteiger partial charge in [-0.3, -0.25) is 14.9 Å². The smallest absolute Gasteiger partial charge is 0.271 e. The van der Waals surface area contributed by atoms with E-state index in [4.69, 9.17) is 9.15 Å². The van der Waals surface area contributed by atoms with Crippen molar-refractivity contribution in [1.82, 2.24) is 0 Å². The molecule has 2 aromatic rings. The SMILES string of the molecule is O=C(/C=C/c1ccco1)Nc1ccc([N+](=O)[O-])cc1N1CCOCC1. The van der Waals surface area contributed by atoms with Crippen molar-refractivity contribution in [2.24, 2.45) is 0 Å². The van der Waals surface area contributed by atoms with Gasteiger partial charge in [0.15, 0.2) is 0 Å². The molecule has 0 radical (unpaired) electrons. The van der Waals surface area contributed by atoms with Crippen LogP contribution in [0.2, 0.25) is 0 Å². The van der Waals surface area contributed by atoms with E-state index < -0.39 is 4.92 Å². The van der Waals surface area contributed by atoms with Gasteiger partial charge in [0, 0.05) is 31.3 Å². The molecule has 130 valence electrons. The molecule has 1 saturated heterocycles. The first-order chi connectivity index (χ1) is 12.1. The van der Waals surface area contributed by atoms with Crippen molar-refractivity contribution < 1.29 is 18.9 Å². The Morgan fingerprint density at radius 3 is 2.76 bits per heavy atom. The molecule has 1 N–H and O–H groups in total. The van der Waals surface area contributed by atoms with Crippen LogP contribution in [0.3, 0.4) is 0 Å². The molecule has 0 bridgehead atoms. The number of hydrogen-bond donors (Lipinski definition) is 1. The van der Waals surface area contributed by atoms with E-state index in [9.17, 15) is 14.9 Å². The van der Waals surface area contributed by atoms with Crippen molar-refractivity contribution in [2.45, 2.75) is 0 Å². The number of anilines is 2. The minimum Gasteiger partial charge on any atom is -0.465 e. The maximum Gasteiger partial charge on any atom is 0.271 e. The number of carbonyl (C=O) groups excluding carboxylic acids is 1. The standard InChI is InChI=1S/C17H17N3O5/c21-17(6-4-14-2-1-9-25-14)18-15-5-3-13(20(22)23)12-16(15)19-7-10-24-11-8-19/h1-6,9,12H,7-8,10-11H2,(H,18,21)/b6-4+. The van der Waals surface area contributed by atoms with Crippen LogP contribution in [0.15, 0.2) is 47.1 Å². The van der Waals surface area contributed by atoms with Crippen molar-refractivity contribution in [3.05, 3.63) is 58.5 Å². The van der Waals surface area contributed by atoms with E-state index in [2.05, 4.69) is 5.32 Å². The lowest BCUT2D eigenvalue weighted by molar-refractivity contribution is -0.384. The topological polar surface area (TPSA) is 97.8 Å². The van der Waals surface area contributed by atoms with Gasteiger partial charge in [0.05, 0.1) is 35.8 Å². The Labute approximate surface area is 143 Å². The van der Waals surface area contributed by atoms with Gasteiger partial charge in [-0.1, -0.05) is 0 Å². The molecule has 1 aromatic carbocycles. The van der Waals surface area contributed by atoms with Crippen LogP contribution in [0.4, 0.5) is 17.1 Å². The van der Waals surface area contributed by atoms with Gasteiger partial charge in [0.2, 0.25) is 5.91 Å². The van der Waals surface area contributed by atoms with Gasteiger partial charge in [0.25, 0.3) is 5.69 Å². The van der Waals surface area contributed by atoms with Crippen LogP contribution in [-0.2, 0) is 9.53 Å². The van der Waals surface area contributed by atoms with Crippen LogP contribution >= 0.6 is 0 Å². The number of amides is 1. The molecule has 8 nitrogen and oxygen atoms in total. The fraction of sp³-hybridized carbons (Fsp3) is 0.235. The van der Waals surface area contributed by atoms with Crippen LogP contribution in [-0.4, -0.2) is 37.1 Å². The van der Waals surface area contributed by atoms with Gasteiger partial charge in [-0.2, -0.15) is 0 Å². The molecule has 1 aliphatic heterocycles. The van der Waals surface area contributed by atoms with Crippen LogP contribution in [0.25, 0.3) is 6.08 Å². The summed E-state index contributed by atoms with van der Waals surface area (Å²) < 4.78 is 10.4. The highest BCUT2D eigenvalue weighted by atomic mass is 16.6. The molecule has 2 heterocycles. The number of non-ortho nitro benzene ring substituents is 1. The lowest BCUT2D eigenvalue weighted by Gasteiger charge is -2.30. The van der Waals surface area contributed by atoms with Gasteiger partial charge in [-0.15, -0.1) is 0 Å². The van der Waals surface area contributed by atoms with Gasteiger partial charge < -0.3 is 19.4 Å². The normalized spacial score (nSPS) is 14.6. The predicted molar refractivity (Wildman–Crippen MR) is 92.5 cm³/mol. The Balaban J connectivity index is 1.81. The summed E-state index contributed by atoms with van der Waals surface area (Å²) in [5.41, 5.74) is 1.10. The van der Waals surface area contributed by atoms with Crippen molar-refractivity contribution in [3.63, 3.8) is 0 Å². The molecule has 1 aromatic heterocycles. The lowest BCUT2D eigenvalue weighted by Crippen LogP contribution is -2.36. The van der Waals surface area contributed by atoms with Crippen molar-refractivity contribution in [3.8, 4) is 0 Å². The average molecular weight is 343 g/mol. The van der Waals surface area contributed by atoms with Gasteiger partial charge in [0.1, 0.15) is 5.76 Å². The van der Waals surface area contributed by atoms with Crippen molar-refractivity contribution in [2.75, 3.05) is 36.5 Å². The van der Waals surface area contributed by atoms with E-state index in [1.54, 1.807) is 24.3 Å². The molecule has 0 saturated carbocycles. The van der Waals surface area contributed by atoms with Crippen LogP contribution < -0.4 is 10.2 Å². The molecule has 0 atom stereocenters. The average Bonchev–Trinajstić information content (AvgIpc) is 3.14. The summed E-state index contributed by atoms with van der Waals surface area (Å²) in [6, 6.07) is 7.84. The number of morpholine rings is 1. The van der Waals surface area contributed by atoms with Crippen molar-refractivity contribution in [1.29, 1.82) is 0 Å². The number of benzene rings is 1. The Morgan fingerprint density at radius 1 is 1.28 bits per heavy atom. The van der Waals surface area contributed by atoms with Gasteiger partial charge in [-0.05, 0) is 24.3 Å². The third kappa shape index (κ3) is 4.24. The summed E-state index contributed by atoms with van der Waals surface area (Å²) in [7, 11) is 0. The fourth-order valence-corrected chi connectivity index (χ4v) is 2.52. The van der Waals surface area contributed by atoms with E-state index in [1.807, 2.05) is 4.90 Å². The first-order valence-corrected chi connectivity index (χ1v) is 7.77. The summed E-state index contributed by atoms with van der Waals surface area (Å²) in [5, 5.41) is 13.8. The number of nitrogens with zero attached hydrogens (tertiary/aromatic N) is 2. The molecule has 0 aliphatic carbocycles. The number of carbonyl (C=O) groups is 1. The number of hydrogen-bond acceptors (Lipinski definition) is 6.